The van der Waals surface area contributed by atoms with Gasteiger partial charge in [0.05, 0.1) is 5.56 Å². The van der Waals surface area contributed by atoms with Crippen LogP contribution in [0.3, 0.4) is 0 Å². The second kappa shape index (κ2) is 4.56. The molecule has 0 unspecified atom stereocenters. The third-order valence-corrected chi connectivity index (χ3v) is 2.71. The molecule has 0 radical (unpaired) electrons. The zero-order valence-electron chi connectivity index (χ0n) is 9.58. The van der Waals surface area contributed by atoms with E-state index < -0.39 is 23.2 Å². The minimum atomic E-state index is -1.34. The Labute approximate surface area is 103 Å². The third kappa shape index (κ3) is 2.22. The van der Waals surface area contributed by atoms with E-state index in [1.54, 1.807) is 13.0 Å². The van der Waals surface area contributed by atoms with Crippen LogP contribution in [0.25, 0.3) is 11.1 Å². The topological polar surface area (TPSA) is 37.3 Å². The van der Waals surface area contributed by atoms with Crippen molar-refractivity contribution in [3.8, 4) is 11.1 Å². The number of carboxylic acids is 1. The summed E-state index contributed by atoms with van der Waals surface area (Å²) in [5, 5.41) is 8.85. The van der Waals surface area contributed by atoms with Gasteiger partial charge in [0, 0.05) is 0 Å². The number of halogens is 2. The van der Waals surface area contributed by atoms with Crippen LogP contribution < -0.4 is 0 Å². The maximum absolute atomic E-state index is 13.3. The largest absolute Gasteiger partial charge is 0.478 e. The van der Waals surface area contributed by atoms with Crippen LogP contribution in [0.2, 0.25) is 0 Å². The van der Waals surface area contributed by atoms with E-state index in [4.69, 9.17) is 5.11 Å². The predicted octanol–water partition coefficient (Wildman–Crippen LogP) is 3.64. The highest BCUT2D eigenvalue weighted by molar-refractivity contribution is 5.90. The Morgan fingerprint density at radius 3 is 2.50 bits per heavy atom. The molecule has 0 bridgehead atoms. The van der Waals surface area contributed by atoms with Gasteiger partial charge in [-0.15, -0.1) is 0 Å². The summed E-state index contributed by atoms with van der Waals surface area (Å²) >= 11 is 0. The van der Waals surface area contributed by atoms with Gasteiger partial charge in [-0.1, -0.05) is 12.1 Å². The molecule has 2 aromatic carbocycles. The SMILES string of the molecule is Cc1ccc(F)cc1-c1ccc(F)c(C(=O)O)c1. The average molecular weight is 248 g/mol. The number of rotatable bonds is 2. The van der Waals surface area contributed by atoms with Gasteiger partial charge >= 0.3 is 5.97 Å². The molecule has 0 fully saturated rings. The van der Waals surface area contributed by atoms with E-state index in [1.165, 1.54) is 24.3 Å². The van der Waals surface area contributed by atoms with Gasteiger partial charge in [-0.2, -0.15) is 0 Å². The van der Waals surface area contributed by atoms with E-state index in [0.29, 0.717) is 11.1 Å². The number of hydrogen-bond acceptors (Lipinski definition) is 1. The second-order valence-corrected chi connectivity index (χ2v) is 3.96. The molecule has 0 heterocycles. The van der Waals surface area contributed by atoms with E-state index in [0.717, 1.165) is 11.6 Å². The fraction of sp³-hybridized carbons (Fsp3) is 0.0714. The van der Waals surface area contributed by atoms with Crippen LogP contribution in [0.15, 0.2) is 36.4 Å². The molecule has 0 spiro atoms. The molecular weight excluding hydrogens is 238 g/mol. The number of carboxylic acid groups (broad SMARTS) is 1. The van der Waals surface area contributed by atoms with Crippen molar-refractivity contribution in [2.45, 2.75) is 6.92 Å². The summed E-state index contributed by atoms with van der Waals surface area (Å²) < 4.78 is 26.4. The van der Waals surface area contributed by atoms with E-state index >= 15 is 0 Å². The van der Waals surface area contributed by atoms with Gasteiger partial charge in [0.2, 0.25) is 0 Å². The van der Waals surface area contributed by atoms with Crippen LogP contribution in [0.1, 0.15) is 15.9 Å². The minimum absolute atomic E-state index is 0.420. The first kappa shape index (κ1) is 12.2. The quantitative estimate of drug-likeness (QED) is 0.880. The monoisotopic (exact) mass is 248 g/mol. The van der Waals surface area contributed by atoms with E-state index in [2.05, 4.69) is 0 Å². The Hall–Kier alpha value is -2.23. The summed E-state index contributed by atoms with van der Waals surface area (Å²) in [4.78, 5) is 10.8. The van der Waals surface area contributed by atoms with Crippen LogP contribution in [0.4, 0.5) is 8.78 Å². The molecule has 4 heteroatoms. The van der Waals surface area contributed by atoms with Gasteiger partial charge in [0.1, 0.15) is 11.6 Å². The lowest BCUT2D eigenvalue weighted by Crippen LogP contribution is -2.00. The first-order chi connectivity index (χ1) is 8.49. The molecule has 0 aromatic heterocycles. The maximum atomic E-state index is 13.3. The van der Waals surface area contributed by atoms with Crippen molar-refractivity contribution < 1.29 is 18.7 Å². The van der Waals surface area contributed by atoms with Crippen molar-refractivity contribution in [2.75, 3.05) is 0 Å². The standard InChI is InChI=1S/C14H10F2O2/c1-8-2-4-10(15)7-11(8)9-3-5-13(16)12(6-9)14(17)18/h2-7H,1H3,(H,17,18). The highest BCUT2D eigenvalue weighted by atomic mass is 19.1. The number of aromatic carboxylic acids is 1. The van der Waals surface area contributed by atoms with Crippen molar-refractivity contribution in [1.82, 2.24) is 0 Å². The first-order valence-corrected chi connectivity index (χ1v) is 5.28. The van der Waals surface area contributed by atoms with Gasteiger partial charge < -0.3 is 5.11 Å². The fourth-order valence-electron chi connectivity index (χ4n) is 1.76. The normalized spacial score (nSPS) is 10.4. The van der Waals surface area contributed by atoms with Gasteiger partial charge in [0.25, 0.3) is 0 Å². The fourth-order valence-corrected chi connectivity index (χ4v) is 1.76. The zero-order chi connectivity index (χ0) is 13.3. The summed E-state index contributed by atoms with van der Waals surface area (Å²) in [6, 6.07) is 7.93. The number of aryl methyl sites for hydroxylation is 1. The lowest BCUT2D eigenvalue weighted by molar-refractivity contribution is 0.0692. The molecule has 0 saturated carbocycles. The summed E-state index contributed by atoms with van der Waals surface area (Å²) in [7, 11) is 0. The maximum Gasteiger partial charge on any atom is 0.338 e. The van der Waals surface area contributed by atoms with Crippen molar-refractivity contribution in [3.05, 3.63) is 59.2 Å². The molecule has 2 nitrogen and oxygen atoms in total. The highest BCUT2D eigenvalue weighted by Crippen LogP contribution is 2.26. The first-order valence-electron chi connectivity index (χ1n) is 5.28. The van der Waals surface area contributed by atoms with Crippen molar-refractivity contribution in [3.63, 3.8) is 0 Å². The van der Waals surface area contributed by atoms with Crippen LogP contribution in [-0.2, 0) is 0 Å². The van der Waals surface area contributed by atoms with Crippen molar-refractivity contribution in [2.24, 2.45) is 0 Å². The molecule has 0 aliphatic rings. The summed E-state index contributed by atoms with van der Waals surface area (Å²) in [5.41, 5.74) is 1.40. The molecule has 92 valence electrons. The number of benzene rings is 2. The molecule has 0 saturated heterocycles. The van der Waals surface area contributed by atoms with Crippen LogP contribution in [-0.4, -0.2) is 11.1 Å². The Kier molecular flexibility index (Phi) is 3.10. The molecule has 0 aliphatic carbocycles. The highest BCUT2D eigenvalue weighted by Gasteiger charge is 2.12. The van der Waals surface area contributed by atoms with Gasteiger partial charge in [-0.25, -0.2) is 13.6 Å². The summed E-state index contributed by atoms with van der Waals surface area (Å²) in [6.07, 6.45) is 0. The number of hydrogen-bond donors (Lipinski definition) is 1. The predicted molar refractivity (Wildman–Crippen MR) is 63.5 cm³/mol. The van der Waals surface area contributed by atoms with Crippen LogP contribution in [0, 0.1) is 18.6 Å². The van der Waals surface area contributed by atoms with Gasteiger partial charge in [-0.3, -0.25) is 0 Å². The van der Waals surface area contributed by atoms with Crippen molar-refractivity contribution >= 4 is 5.97 Å². The molecule has 0 atom stereocenters. The average Bonchev–Trinajstić information content (AvgIpc) is 2.33. The van der Waals surface area contributed by atoms with Crippen molar-refractivity contribution in [1.29, 1.82) is 0 Å². The molecule has 0 aliphatic heterocycles. The Bertz CT molecular complexity index is 621. The molecule has 2 aromatic rings. The Morgan fingerprint density at radius 1 is 1.11 bits per heavy atom. The summed E-state index contributed by atoms with van der Waals surface area (Å²) in [5.74, 6) is -2.57. The zero-order valence-corrected chi connectivity index (χ0v) is 9.58. The van der Waals surface area contributed by atoms with Gasteiger partial charge in [-0.05, 0) is 47.9 Å². The smallest absolute Gasteiger partial charge is 0.338 e. The lowest BCUT2D eigenvalue weighted by atomic mass is 9.98. The molecular formula is C14H10F2O2. The second-order valence-electron chi connectivity index (χ2n) is 3.96. The minimum Gasteiger partial charge on any atom is -0.478 e. The lowest BCUT2D eigenvalue weighted by Gasteiger charge is -2.07. The van der Waals surface area contributed by atoms with E-state index in [-0.39, 0.29) is 0 Å². The Morgan fingerprint density at radius 2 is 1.83 bits per heavy atom. The van der Waals surface area contributed by atoms with E-state index in [9.17, 15) is 13.6 Å². The molecule has 1 N–H and O–H groups in total. The molecule has 2 rings (SSSR count). The Balaban J connectivity index is 2.61. The van der Waals surface area contributed by atoms with Crippen LogP contribution >= 0.6 is 0 Å². The molecule has 18 heavy (non-hydrogen) atoms. The number of carbonyl (C=O) groups is 1. The molecule has 0 amide bonds. The van der Waals surface area contributed by atoms with Gasteiger partial charge in [0.15, 0.2) is 0 Å². The summed E-state index contributed by atoms with van der Waals surface area (Å²) in [6.45, 7) is 1.78. The van der Waals surface area contributed by atoms with Crippen LogP contribution in [0.5, 0.6) is 0 Å². The van der Waals surface area contributed by atoms with E-state index in [1.807, 2.05) is 0 Å². The third-order valence-electron chi connectivity index (χ3n) is 2.71.